The van der Waals surface area contributed by atoms with Crippen LogP contribution in [0.15, 0.2) is 48.4 Å². The van der Waals surface area contributed by atoms with Gasteiger partial charge in [0.15, 0.2) is 6.10 Å². The number of carboxylic acids is 1. The Bertz CT molecular complexity index is 1060. The van der Waals surface area contributed by atoms with Gasteiger partial charge >= 0.3 is 5.97 Å². The number of carbonyl (C=O) groups excluding carboxylic acids is 2. The van der Waals surface area contributed by atoms with Crippen molar-refractivity contribution in [2.24, 2.45) is 0 Å². The third-order valence-corrected chi connectivity index (χ3v) is 5.04. The lowest BCUT2D eigenvalue weighted by Crippen LogP contribution is -2.59. The van der Waals surface area contributed by atoms with Crippen LogP contribution in [-0.4, -0.2) is 83.7 Å². The van der Waals surface area contributed by atoms with Crippen LogP contribution in [0.2, 0.25) is 0 Å². The first kappa shape index (κ1) is 24.8. The van der Waals surface area contributed by atoms with Gasteiger partial charge in [-0.2, -0.15) is 0 Å². The van der Waals surface area contributed by atoms with Crippen LogP contribution in [-0.2, 0) is 27.4 Å². The van der Waals surface area contributed by atoms with Crippen molar-refractivity contribution in [3.05, 3.63) is 59.6 Å². The van der Waals surface area contributed by atoms with Gasteiger partial charge in [0.05, 0.1) is 25.3 Å². The fraction of sp³-hybridized carbons (Fsp3) is 0.381. The van der Waals surface area contributed by atoms with Crippen molar-refractivity contribution in [1.82, 2.24) is 25.6 Å². The fourth-order valence-corrected chi connectivity index (χ4v) is 3.41. The minimum absolute atomic E-state index is 0.0711. The lowest BCUT2D eigenvalue weighted by Gasteiger charge is -2.38. The number of nitrogens with zero attached hydrogens (tertiary/aromatic N) is 3. The quantitative estimate of drug-likeness (QED) is 0.240. The summed E-state index contributed by atoms with van der Waals surface area (Å²) in [5.41, 5.74) is 0.870. The van der Waals surface area contributed by atoms with Crippen LogP contribution in [0.5, 0.6) is 0 Å². The van der Waals surface area contributed by atoms with Crippen LogP contribution >= 0.6 is 0 Å². The molecule has 0 spiro atoms. The summed E-state index contributed by atoms with van der Waals surface area (Å²) < 4.78 is 6.47. The Kier molecular flexibility index (Phi) is 7.94. The van der Waals surface area contributed by atoms with Crippen LogP contribution in [0.3, 0.4) is 0 Å². The average molecular weight is 475 g/mol. The van der Waals surface area contributed by atoms with Gasteiger partial charge in [-0.05, 0) is 18.2 Å². The molecule has 13 heteroatoms. The molecule has 0 radical (unpaired) electrons. The summed E-state index contributed by atoms with van der Waals surface area (Å²) in [6.07, 6.45) is -3.83. The number of aliphatic hydroxyl groups excluding tert-OH is 3. The zero-order chi connectivity index (χ0) is 24.8. The summed E-state index contributed by atoms with van der Waals surface area (Å²) in [6.45, 7) is 0.980. The molecule has 182 valence electrons. The number of rotatable bonds is 9. The first-order chi connectivity index (χ1) is 16.2. The molecule has 0 fully saturated rings. The highest BCUT2D eigenvalue weighted by Gasteiger charge is 2.43. The SMILES string of the molecule is CC(=O)NC1C(C(O)C(O)Cn2cc(CNC(=O)c3ccccc3)nn2)OC(C(=O)O)=C[C@H]1O. The van der Waals surface area contributed by atoms with Crippen LogP contribution in [0, 0.1) is 0 Å². The third-order valence-electron chi connectivity index (χ3n) is 5.04. The van der Waals surface area contributed by atoms with Gasteiger partial charge in [-0.25, -0.2) is 9.48 Å². The molecular formula is C21H25N5O8. The van der Waals surface area contributed by atoms with E-state index in [1.54, 1.807) is 30.3 Å². The van der Waals surface area contributed by atoms with E-state index in [0.717, 1.165) is 6.08 Å². The maximum atomic E-state index is 12.1. The molecule has 1 aliphatic rings. The molecule has 1 aromatic heterocycles. The zero-order valence-electron chi connectivity index (χ0n) is 18.1. The first-order valence-electron chi connectivity index (χ1n) is 10.3. The summed E-state index contributed by atoms with van der Waals surface area (Å²) in [6, 6.07) is 7.38. The van der Waals surface area contributed by atoms with Gasteiger partial charge < -0.3 is 35.8 Å². The zero-order valence-corrected chi connectivity index (χ0v) is 18.1. The van der Waals surface area contributed by atoms with Gasteiger partial charge in [0.1, 0.15) is 24.0 Å². The highest BCUT2D eigenvalue weighted by atomic mass is 16.5. The van der Waals surface area contributed by atoms with Gasteiger partial charge in [-0.3, -0.25) is 9.59 Å². The van der Waals surface area contributed by atoms with E-state index in [1.807, 2.05) is 0 Å². The molecule has 0 aliphatic carbocycles. The number of hydrogen-bond acceptors (Lipinski definition) is 9. The Morgan fingerprint density at radius 3 is 2.56 bits per heavy atom. The summed E-state index contributed by atoms with van der Waals surface area (Å²) >= 11 is 0. The van der Waals surface area contributed by atoms with Crippen molar-refractivity contribution in [3.63, 3.8) is 0 Å². The van der Waals surface area contributed by atoms with E-state index >= 15 is 0 Å². The molecule has 0 saturated heterocycles. The van der Waals surface area contributed by atoms with Crippen LogP contribution in [0.25, 0.3) is 0 Å². The van der Waals surface area contributed by atoms with Gasteiger partial charge in [0, 0.05) is 12.5 Å². The van der Waals surface area contributed by atoms with Crippen LogP contribution in [0.1, 0.15) is 23.0 Å². The summed E-state index contributed by atoms with van der Waals surface area (Å²) in [4.78, 5) is 34.9. The van der Waals surface area contributed by atoms with E-state index in [4.69, 9.17) is 4.74 Å². The molecule has 5 atom stereocenters. The molecule has 4 unspecified atom stereocenters. The number of benzene rings is 1. The fourth-order valence-electron chi connectivity index (χ4n) is 3.41. The second-order valence-electron chi connectivity index (χ2n) is 7.67. The average Bonchev–Trinajstić information content (AvgIpc) is 3.25. The lowest BCUT2D eigenvalue weighted by atomic mass is 9.93. The largest absolute Gasteiger partial charge is 0.478 e. The van der Waals surface area contributed by atoms with Crippen molar-refractivity contribution in [2.75, 3.05) is 0 Å². The summed E-state index contributed by atoms with van der Waals surface area (Å²) in [5, 5.41) is 53.4. The second-order valence-corrected chi connectivity index (χ2v) is 7.67. The number of aliphatic hydroxyl groups is 3. The Morgan fingerprint density at radius 1 is 1.21 bits per heavy atom. The predicted octanol–water partition coefficient (Wildman–Crippen LogP) is -1.84. The molecular weight excluding hydrogens is 450 g/mol. The minimum atomic E-state index is -1.71. The number of carboxylic acid groups (broad SMARTS) is 1. The highest BCUT2D eigenvalue weighted by Crippen LogP contribution is 2.23. The second kappa shape index (κ2) is 10.9. The molecule has 34 heavy (non-hydrogen) atoms. The smallest absolute Gasteiger partial charge is 0.370 e. The van der Waals surface area contributed by atoms with Crippen molar-refractivity contribution in [2.45, 2.75) is 50.5 Å². The van der Waals surface area contributed by atoms with Gasteiger partial charge in [0.25, 0.3) is 5.91 Å². The van der Waals surface area contributed by atoms with E-state index in [0.29, 0.717) is 11.3 Å². The molecule has 0 saturated carbocycles. The normalized spacial score (nSPS) is 21.5. The predicted molar refractivity (Wildman–Crippen MR) is 114 cm³/mol. The molecule has 0 bridgehead atoms. The van der Waals surface area contributed by atoms with Crippen molar-refractivity contribution in [3.8, 4) is 0 Å². The summed E-state index contributed by atoms with van der Waals surface area (Å²) in [7, 11) is 0. The molecule has 13 nitrogen and oxygen atoms in total. The third kappa shape index (κ3) is 6.15. The van der Waals surface area contributed by atoms with E-state index in [-0.39, 0.29) is 19.0 Å². The standard InChI is InChI=1S/C21H25N5O8/c1-11(27)23-17-14(28)7-16(21(32)33)34-19(17)18(30)15(29)10-26-9-13(24-25-26)8-22-20(31)12-5-3-2-4-6-12/h2-7,9,14-15,17-19,28-30H,8,10H2,1H3,(H,22,31)(H,23,27)(H,32,33)/t14-,15?,17?,18?,19?/m1/s1. The number of ether oxygens (including phenoxy) is 1. The van der Waals surface area contributed by atoms with E-state index in [2.05, 4.69) is 20.9 Å². The highest BCUT2D eigenvalue weighted by molar-refractivity contribution is 5.94. The Hall–Kier alpha value is -3.81. The number of amides is 2. The van der Waals surface area contributed by atoms with E-state index in [9.17, 15) is 34.8 Å². The maximum Gasteiger partial charge on any atom is 0.370 e. The molecule has 2 amide bonds. The van der Waals surface area contributed by atoms with Crippen molar-refractivity contribution in [1.29, 1.82) is 0 Å². The Labute approximate surface area is 193 Å². The monoisotopic (exact) mass is 475 g/mol. The number of aliphatic carboxylic acids is 1. The summed E-state index contributed by atoms with van der Waals surface area (Å²) in [5.74, 6) is -2.96. The van der Waals surface area contributed by atoms with Gasteiger partial charge in [0.2, 0.25) is 11.7 Å². The molecule has 2 heterocycles. The number of hydrogen-bond donors (Lipinski definition) is 6. The topological polar surface area (TPSA) is 196 Å². The molecule has 6 N–H and O–H groups in total. The molecule has 1 aliphatic heterocycles. The maximum absolute atomic E-state index is 12.1. The molecule has 1 aromatic carbocycles. The van der Waals surface area contributed by atoms with Gasteiger partial charge in [-0.1, -0.05) is 23.4 Å². The minimum Gasteiger partial charge on any atom is -0.478 e. The molecule has 2 aromatic rings. The van der Waals surface area contributed by atoms with Gasteiger partial charge in [-0.15, -0.1) is 5.10 Å². The van der Waals surface area contributed by atoms with Crippen molar-refractivity contribution >= 4 is 17.8 Å². The van der Waals surface area contributed by atoms with E-state index < -0.39 is 48.1 Å². The van der Waals surface area contributed by atoms with Crippen LogP contribution < -0.4 is 10.6 Å². The number of carbonyl (C=O) groups is 3. The van der Waals surface area contributed by atoms with Crippen molar-refractivity contribution < 1.29 is 39.5 Å². The molecule has 3 rings (SSSR count). The first-order valence-corrected chi connectivity index (χ1v) is 10.3. The van der Waals surface area contributed by atoms with E-state index in [1.165, 1.54) is 17.8 Å². The Morgan fingerprint density at radius 2 is 1.91 bits per heavy atom. The van der Waals surface area contributed by atoms with Crippen LogP contribution in [0.4, 0.5) is 0 Å². The number of nitrogens with one attached hydrogen (secondary N) is 2. The number of aromatic nitrogens is 3. The lowest BCUT2D eigenvalue weighted by molar-refractivity contribution is -0.148. The Balaban J connectivity index is 1.63.